The summed E-state index contributed by atoms with van der Waals surface area (Å²) in [5.74, 6) is 1.36. The van der Waals surface area contributed by atoms with E-state index in [0.717, 1.165) is 16.9 Å². The molecule has 1 aliphatic heterocycles. The Bertz CT molecular complexity index is 1290. The number of methoxy groups -OCH3 is 1. The molecule has 0 fully saturated rings. The monoisotopic (exact) mass is 473 g/mol. The van der Waals surface area contributed by atoms with Crippen molar-refractivity contribution in [3.8, 4) is 11.5 Å². The number of para-hydroxylation sites is 1. The van der Waals surface area contributed by atoms with Crippen LogP contribution in [-0.4, -0.2) is 34.4 Å². The highest BCUT2D eigenvalue weighted by Crippen LogP contribution is 2.38. The number of ether oxygens (including phenoxy) is 2. The highest BCUT2D eigenvalue weighted by Gasteiger charge is 2.31. The molecule has 0 unspecified atom stereocenters. The molecule has 35 heavy (non-hydrogen) atoms. The van der Waals surface area contributed by atoms with Crippen LogP contribution in [0, 0.1) is 5.82 Å². The van der Waals surface area contributed by atoms with Gasteiger partial charge in [-0.2, -0.15) is 4.98 Å². The molecule has 0 saturated carbocycles. The Kier molecular flexibility index (Phi) is 6.30. The lowest BCUT2D eigenvalue weighted by Gasteiger charge is -2.31. The van der Waals surface area contributed by atoms with E-state index in [4.69, 9.17) is 9.47 Å². The van der Waals surface area contributed by atoms with Gasteiger partial charge in [0.25, 0.3) is 11.9 Å². The molecule has 5 rings (SSSR count). The lowest BCUT2D eigenvalue weighted by molar-refractivity contribution is -0.118. The van der Waals surface area contributed by atoms with Gasteiger partial charge >= 0.3 is 0 Å². The highest BCUT2D eigenvalue weighted by atomic mass is 19.1. The number of amides is 1. The Balaban J connectivity index is 1.38. The third-order valence-corrected chi connectivity index (χ3v) is 5.83. The van der Waals surface area contributed by atoms with Crippen molar-refractivity contribution in [2.24, 2.45) is 0 Å². The van der Waals surface area contributed by atoms with Gasteiger partial charge in [0.1, 0.15) is 17.3 Å². The molecule has 1 aromatic heterocycles. The number of nitrogens with one attached hydrogen (secondary N) is 2. The number of hydrogen-bond donors (Lipinski definition) is 2. The fourth-order valence-corrected chi connectivity index (χ4v) is 4.07. The maximum Gasteiger partial charge on any atom is 0.264 e. The molecule has 3 aromatic carbocycles. The highest BCUT2D eigenvalue weighted by molar-refractivity contribution is 5.90. The Labute approximate surface area is 201 Å². The average molecular weight is 474 g/mol. The van der Waals surface area contributed by atoms with Gasteiger partial charge < -0.3 is 14.8 Å². The minimum Gasteiger partial charge on any atom is -0.497 e. The number of rotatable bonds is 7. The molecule has 178 valence electrons. The minimum absolute atomic E-state index is 0.0716. The number of benzene rings is 3. The molecule has 2 N–H and O–H groups in total. The molecular formula is C26H24FN5O3. The average Bonchev–Trinajstić information content (AvgIpc) is 3.30. The van der Waals surface area contributed by atoms with Crippen molar-refractivity contribution in [3.05, 3.63) is 95.8 Å². The summed E-state index contributed by atoms with van der Waals surface area (Å²) >= 11 is 0. The molecule has 2 heterocycles. The van der Waals surface area contributed by atoms with Crippen LogP contribution >= 0.6 is 0 Å². The largest absolute Gasteiger partial charge is 0.497 e. The standard InChI is InChI=1S/C26H24FN5O3/c1-34-20-13-9-17(10-14-20)22-15-23(18-7-11-19(27)12-8-18)32-26(28-22)30-25(31-32)29-24(33)16-35-21-5-3-2-4-6-21/h2-14,22-23H,15-16H2,1H3,(H2,28,29,30,31,33)/t22-,23+/m0/s1. The summed E-state index contributed by atoms with van der Waals surface area (Å²) in [4.78, 5) is 16.9. The van der Waals surface area contributed by atoms with Crippen molar-refractivity contribution >= 4 is 17.8 Å². The third kappa shape index (κ3) is 5.08. The molecule has 8 nitrogen and oxygen atoms in total. The second-order valence-electron chi connectivity index (χ2n) is 8.13. The van der Waals surface area contributed by atoms with Gasteiger partial charge in [0.05, 0.1) is 19.2 Å². The Morgan fingerprint density at radius 2 is 1.74 bits per heavy atom. The van der Waals surface area contributed by atoms with Gasteiger partial charge in [0.2, 0.25) is 5.95 Å². The molecule has 1 amide bonds. The first-order valence-corrected chi connectivity index (χ1v) is 11.2. The lowest BCUT2D eigenvalue weighted by Crippen LogP contribution is -2.28. The van der Waals surface area contributed by atoms with E-state index in [0.29, 0.717) is 18.1 Å². The van der Waals surface area contributed by atoms with E-state index in [-0.39, 0.29) is 36.4 Å². The zero-order valence-corrected chi connectivity index (χ0v) is 19.0. The van der Waals surface area contributed by atoms with Gasteiger partial charge in [-0.25, -0.2) is 9.07 Å². The first-order valence-electron chi connectivity index (χ1n) is 11.2. The summed E-state index contributed by atoms with van der Waals surface area (Å²) in [6, 6.07) is 22.9. The Hall–Kier alpha value is -4.40. The van der Waals surface area contributed by atoms with Gasteiger partial charge in [0.15, 0.2) is 6.61 Å². The van der Waals surface area contributed by atoms with Crippen LogP contribution in [0.5, 0.6) is 11.5 Å². The number of fused-ring (bicyclic) bond motifs is 1. The lowest BCUT2D eigenvalue weighted by atomic mass is 9.93. The van der Waals surface area contributed by atoms with Crippen LogP contribution in [0.15, 0.2) is 78.9 Å². The van der Waals surface area contributed by atoms with Gasteiger partial charge in [-0.3, -0.25) is 10.1 Å². The summed E-state index contributed by atoms with van der Waals surface area (Å²) in [5.41, 5.74) is 1.94. The normalized spacial score (nSPS) is 16.6. The second kappa shape index (κ2) is 9.84. The quantitative estimate of drug-likeness (QED) is 0.408. The second-order valence-corrected chi connectivity index (χ2v) is 8.13. The molecule has 4 aromatic rings. The van der Waals surface area contributed by atoms with Crippen LogP contribution < -0.4 is 20.1 Å². The van der Waals surface area contributed by atoms with Gasteiger partial charge in [0, 0.05) is 0 Å². The summed E-state index contributed by atoms with van der Waals surface area (Å²) < 4.78 is 26.1. The fraction of sp³-hybridized carbons (Fsp3) is 0.192. The summed E-state index contributed by atoms with van der Waals surface area (Å²) in [6.45, 7) is -0.169. The fourth-order valence-electron chi connectivity index (χ4n) is 4.07. The number of hydrogen-bond acceptors (Lipinski definition) is 6. The minimum atomic E-state index is -0.373. The molecule has 1 aliphatic rings. The first-order chi connectivity index (χ1) is 17.1. The van der Waals surface area contributed by atoms with Gasteiger partial charge in [-0.1, -0.05) is 42.5 Å². The maximum atomic E-state index is 13.6. The molecule has 0 spiro atoms. The van der Waals surface area contributed by atoms with Crippen LogP contribution in [0.25, 0.3) is 0 Å². The van der Waals surface area contributed by atoms with Gasteiger partial charge in [-0.05, 0) is 53.9 Å². The van der Waals surface area contributed by atoms with Crippen molar-refractivity contribution < 1.29 is 18.7 Å². The van der Waals surface area contributed by atoms with Crippen LogP contribution in [0.4, 0.5) is 16.3 Å². The van der Waals surface area contributed by atoms with E-state index in [1.807, 2.05) is 42.5 Å². The first kappa shape index (κ1) is 22.4. The predicted octanol–water partition coefficient (Wildman–Crippen LogP) is 4.59. The van der Waals surface area contributed by atoms with E-state index in [1.165, 1.54) is 12.1 Å². The molecule has 0 aliphatic carbocycles. The molecule has 0 radical (unpaired) electrons. The van der Waals surface area contributed by atoms with Crippen LogP contribution in [-0.2, 0) is 4.79 Å². The number of carbonyl (C=O) groups is 1. The van der Waals surface area contributed by atoms with Crippen molar-refractivity contribution in [2.45, 2.75) is 18.5 Å². The summed E-state index contributed by atoms with van der Waals surface area (Å²) in [6.07, 6.45) is 0.652. The van der Waals surface area contributed by atoms with E-state index >= 15 is 0 Å². The number of anilines is 2. The molecule has 2 atom stereocenters. The van der Waals surface area contributed by atoms with Crippen molar-refractivity contribution in [2.75, 3.05) is 24.4 Å². The van der Waals surface area contributed by atoms with Gasteiger partial charge in [-0.15, -0.1) is 5.10 Å². The number of aromatic nitrogens is 3. The molecule has 0 saturated heterocycles. The zero-order chi connectivity index (χ0) is 24.2. The van der Waals surface area contributed by atoms with Crippen LogP contribution in [0.1, 0.15) is 29.6 Å². The van der Waals surface area contributed by atoms with Crippen molar-refractivity contribution in [1.82, 2.24) is 14.8 Å². The van der Waals surface area contributed by atoms with Crippen molar-refractivity contribution in [3.63, 3.8) is 0 Å². The smallest absolute Gasteiger partial charge is 0.264 e. The maximum absolute atomic E-state index is 13.6. The Morgan fingerprint density at radius 3 is 2.46 bits per heavy atom. The van der Waals surface area contributed by atoms with Crippen LogP contribution in [0.2, 0.25) is 0 Å². The predicted molar refractivity (Wildman–Crippen MR) is 129 cm³/mol. The molecule has 0 bridgehead atoms. The zero-order valence-electron chi connectivity index (χ0n) is 19.0. The summed E-state index contributed by atoms with van der Waals surface area (Å²) in [5, 5.41) is 10.6. The SMILES string of the molecule is COc1ccc([C@@H]2C[C@H](c3ccc(F)cc3)n3nc(NC(=O)COc4ccccc4)nc3N2)cc1. The molecule has 9 heteroatoms. The number of halogens is 1. The number of nitrogens with zero attached hydrogens (tertiary/aromatic N) is 3. The van der Waals surface area contributed by atoms with E-state index in [9.17, 15) is 9.18 Å². The molecular weight excluding hydrogens is 449 g/mol. The Morgan fingerprint density at radius 1 is 1.03 bits per heavy atom. The number of carbonyl (C=O) groups excluding carboxylic acids is 1. The van der Waals surface area contributed by atoms with Crippen molar-refractivity contribution in [1.29, 1.82) is 0 Å². The topological polar surface area (TPSA) is 90.3 Å². The van der Waals surface area contributed by atoms with E-state index < -0.39 is 0 Å². The summed E-state index contributed by atoms with van der Waals surface area (Å²) in [7, 11) is 1.63. The van der Waals surface area contributed by atoms with E-state index in [1.54, 1.807) is 36.1 Å². The van der Waals surface area contributed by atoms with Crippen LogP contribution in [0.3, 0.4) is 0 Å². The van der Waals surface area contributed by atoms with E-state index in [2.05, 4.69) is 20.7 Å². The third-order valence-electron chi connectivity index (χ3n) is 5.83.